The van der Waals surface area contributed by atoms with E-state index in [-0.39, 0.29) is 66.6 Å². The van der Waals surface area contributed by atoms with Crippen LogP contribution in [0.4, 0.5) is 14.9 Å². The lowest BCUT2D eigenvalue weighted by molar-refractivity contribution is -0.138. The molecule has 0 aliphatic carbocycles. The molecule has 0 saturated carbocycles. The number of benzene rings is 4. The zero-order valence-corrected chi connectivity index (χ0v) is 33.6. The number of amides is 5. The molecule has 16 heteroatoms. The number of carboxylic acids is 1. The number of ketones is 1. The molecule has 0 bridgehead atoms. The molecule has 2 saturated heterocycles. The fraction of sp³-hybridized carbons (Fsp3) is 0.318. The van der Waals surface area contributed by atoms with Crippen molar-refractivity contribution in [3.8, 4) is 22.6 Å². The van der Waals surface area contributed by atoms with Crippen LogP contribution >= 0.6 is 11.8 Å². The van der Waals surface area contributed by atoms with Crippen LogP contribution in [0, 0.1) is 5.82 Å². The Hall–Kier alpha value is -6.42. The van der Waals surface area contributed by atoms with Crippen LogP contribution in [0.5, 0.6) is 11.5 Å². The van der Waals surface area contributed by atoms with E-state index in [4.69, 9.17) is 9.47 Å². The summed E-state index contributed by atoms with van der Waals surface area (Å²) in [5, 5.41) is 23.8. The molecule has 14 nitrogen and oxygen atoms in total. The zero-order valence-electron chi connectivity index (χ0n) is 32.8. The SMILES string of the molecule is CC(C(=O)O)c1cccc(-c2ccc(NC(=O)COc3ccc(C(=O)c4ccc(OCC(=O)NCCNC(=O)CCCCC5SCC6NC(=O)NC65)cc4)cc3)cc2)c1F. The van der Waals surface area contributed by atoms with Gasteiger partial charge in [0.1, 0.15) is 17.3 Å². The molecule has 2 heterocycles. The number of aliphatic carboxylic acids is 1. The Balaban J connectivity index is 0.845. The summed E-state index contributed by atoms with van der Waals surface area (Å²) in [5.41, 5.74) is 2.11. The van der Waals surface area contributed by atoms with Gasteiger partial charge in [0, 0.05) is 58.5 Å². The molecular weight excluding hydrogens is 794 g/mol. The van der Waals surface area contributed by atoms with Gasteiger partial charge in [-0.2, -0.15) is 11.8 Å². The number of thioether (sulfide) groups is 1. The molecule has 0 radical (unpaired) electrons. The molecule has 0 spiro atoms. The average Bonchev–Trinajstić information content (AvgIpc) is 3.81. The Labute approximate surface area is 350 Å². The molecule has 4 aromatic rings. The smallest absolute Gasteiger partial charge is 0.315 e. The minimum absolute atomic E-state index is 0.0783. The van der Waals surface area contributed by atoms with Gasteiger partial charge in [-0.15, -0.1) is 0 Å². The molecule has 4 unspecified atom stereocenters. The topological polar surface area (TPSA) is 201 Å². The van der Waals surface area contributed by atoms with Gasteiger partial charge in [0.2, 0.25) is 5.91 Å². The van der Waals surface area contributed by atoms with Crippen LogP contribution in [-0.2, 0) is 19.2 Å². The standard InChI is InChI=1S/C44H46FN5O9S/c1-26(43(55)56)33-5-4-6-34(40(33)45)27-9-15-30(16-10-27)48-39(53)24-59-32-19-13-29(14-20-32)42(54)28-11-17-31(18-12-28)58-23-38(52)47-22-21-46-37(51)8-3-2-7-36-41-35(25-60-36)49-44(57)50-41/h4-6,9-20,26,35-36,41H,2-3,7-8,21-25H2,1H3,(H,46,51)(H,47,52)(H,48,53)(H,55,56)(H2,49,50,57). The van der Waals surface area contributed by atoms with Crippen molar-refractivity contribution in [2.75, 3.05) is 37.4 Å². The molecule has 314 valence electrons. The van der Waals surface area contributed by atoms with Gasteiger partial charge >= 0.3 is 12.0 Å². The first-order valence-electron chi connectivity index (χ1n) is 19.6. The first-order chi connectivity index (χ1) is 28.9. The highest BCUT2D eigenvalue weighted by molar-refractivity contribution is 8.00. The van der Waals surface area contributed by atoms with Gasteiger partial charge < -0.3 is 41.2 Å². The number of carbonyl (C=O) groups is 6. The lowest BCUT2D eigenvalue weighted by Gasteiger charge is -2.16. The number of unbranched alkanes of at least 4 members (excludes halogenated alkanes) is 1. The highest BCUT2D eigenvalue weighted by Crippen LogP contribution is 2.33. The largest absolute Gasteiger partial charge is 0.484 e. The molecule has 4 aromatic carbocycles. The first-order valence-corrected chi connectivity index (χ1v) is 20.6. The molecule has 2 fully saturated rings. The number of fused-ring (bicyclic) bond motifs is 1. The van der Waals surface area contributed by atoms with Crippen molar-refractivity contribution >= 4 is 53.0 Å². The number of rotatable bonds is 20. The lowest BCUT2D eigenvalue weighted by Crippen LogP contribution is -2.37. The number of carboxylic acid groups (broad SMARTS) is 1. The molecular formula is C44H46FN5O9S. The third-order valence-corrected chi connectivity index (χ3v) is 11.7. The van der Waals surface area contributed by atoms with Crippen molar-refractivity contribution < 1.29 is 47.7 Å². The zero-order chi connectivity index (χ0) is 42.6. The summed E-state index contributed by atoms with van der Waals surface area (Å²) in [6.07, 6.45) is 2.98. The van der Waals surface area contributed by atoms with Crippen LogP contribution < -0.4 is 36.1 Å². The van der Waals surface area contributed by atoms with E-state index < -0.39 is 23.6 Å². The predicted molar refractivity (Wildman–Crippen MR) is 224 cm³/mol. The normalized spacial score (nSPS) is 17.0. The van der Waals surface area contributed by atoms with E-state index in [1.807, 2.05) is 11.8 Å². The second kappa shape index (κ2) is 20.5. The molecule has 6 rings (SSSR count). The second-order valence-corrected chi connectivity index (χ2v) is 15.7. The van der Waals surface area contributed by atoms with Crippen molar-refractivity contribution in [2.24, 2.45) is 0 Å². The Morgan fingerprint density at radius 2 is 1.42 bits per heavy atom. The predicted octanol–water partition coefficient (Wildman–Crippen LogP) is 5.27. The van der Waals surface area contributed by atoms with Crippen LogP contribution in [0.2, 0.25) is 0 Å². The number of halogens is 1. The number of ether oxygens (including phenoxy) is 2. The van der Waals surface area contributed by atoms with Gasteiger partial charge in [0.05, 0.1) is 18.0 Å². The minimum Gasteiger partial charge on any atom is -0.484 e. The van der Waals surface area contributed by atoms with Crippen LogP contribution in [0.1, 0.15) is 60.0 Å². The fourth-order valence-electron chi connectivity index (χ4n) is 6.86. The summed E-state index contributed by atoms with van der Waals surface area (Å²) in [6, 6.07) is 24.0. The number of urea groups is 1. The van der Waals surface area contributed by atoms with Crippen molar-refractivity contribution in [1.82, 2.24) is 21.3 Å². The number of hydrogen-bond donors (Lipinski definition) is 6. The molecule has 6 N–H and O–H groups in total. The number of anilines is 1. The highest BCUT2D eigenvalue weighted by Gasteiger charge is 2.42. The summed E-state index contributed by atoms with van der Waals surface area (Å²) >= 11 is 1.85. The summed E-state index contributed by atoms with van der Waals surface area (Å²) in [4.78, 5) is 73.0. The van der Waals surface area contributed by atoms with Crippen molar-refractivity contribution in [3.63, 3.8) is 0 Å². The summed E-state index contributed by atoms with van der Waals surface area (Å²) in [7, 11) is 0. The van der Waals surface area contributed by atoms with Gasteiger partial charge in [-0.3, -0.25) is 24.0 Å². The van der Waals surface area contributed by atoms with E-state index in [9.17, 15) is 33.9 Å². The quantitative estimate of drug-likeness (QED) is 0.0387. The highest BCUT2D eigenvalue weighted by atomic mass is 32.2. The minimum atomic E-state index is -1.12. The molecule has 2 aliphatic heterocycles. The Morgan fingerprint density at radius 3 is 2.05 bits per heavy atom. The van der Waals surface area contributed by atoms with Crippen LogP contribution in [-0.4, -0.2) is 90.0 Å². The van der Waals surface area contributed by atoms with E-state index in [0.29, 0.717) is 52.1 Å². The summed E-state index contributed by atoms with van der Waals surface area (Å²) < 4.78 is 26.2. The first kappa shape index (κ1) is 43.2. The van der Waals surface area contributed by atoms with Crippen LogP contribution in [0.3, 0.4) is 0 Å². The van der Waals surface area contributed by atoms with Crippen molar-refractivity contribution in [2.45, 2.75) is 55.9 Å². The van der Waals surface area contributed by atoms with Crippen LogP contribution in [0.25, 0.3) is 11.1 Å². The third kappa shape index (κ3) is 11.6. The fourth-order valence-corrected chi connectivity index (χ4v) is 8.40. The van der Waals surface area contributed by atoms with E-state index in [1.54, 1.807) is 84.9 Å². The summed E-state index contributed by atoms with van der Waals surface area (Å²) in [5.74, 6) is -2.18. The van der Waals surface area contributed by atoms with E-state index in [2.05, 4.69) is 26.6 Å². The average molecular weight is 840 g/mol. The van der Waals surface area contributed by atoms with Gasteiger partial charge in [0.15, 0.2) is 19.0 Å². The molecule has 2 aliphatic rings. The Bertz CT molecular complexity index is 2190. The maximum absolute atomic E-state index is 15.1. The molecule has 0 aromatic heterocycles. The van der Waals surface area contributed by atoms with Crippen molar-refractivity contribution in [3.05, 3.63) is 114 Å². The third-order valence-electron chi connectivity index (χ3n) is 10.2. The van der Waals surface area contributed by atoms with Crippen molar-refractivity contribution in [1.29, 1.82) is 0 Å². The Morgan fingerprint density at radius 1 is 0.800 bits per heavy atom. The lowest BCUT2D eigenvalue weighted by atomic mass is 9.95. The molecule has 4 atom stereocenters. The van der Waals surface area contributed by atoms with Gasteiger partial charge in [-0.05, 0) is 86.0 Å². The van der Waals surface area contributed by atoms with E-state index in [0.717, 1.165) is 25.0 Å². The maximum atomic E-state index is 15.1. The maximum Gasteiger partial charge on any atom is 0.315 e. The van der Waals surface area contributed by atoms with Crippen LogP contribution in [0.15, 0.2) is 91.0 Å². The van der Waals surface area contributed by atoms with E-state index in [1.165, 1.54) is 13.0 Å². The Kier molecular flexibility index (Phi) is 14.8. The van der Waals surface area contributed by atoms with Gasteiger partial charge in [0.25, 0.3) is 11.8 Å². The molecule has 60 heavy (non-hydrogen) atoms. The van der Waals surface area contributed by atoms with E-state index >= 15 is 4.39 Å². The number of hydrogen-bond acceptors (Lipinski definition) is 9. The monoisotopic (exact) mass is 839 g/mol. The number of nitrogens with one attached hydrogen (secondary N) is 5. The van der Waals surface area contributed by atoms with Gasteiger partial charge in [-0.25, -0.2) is 9.18 Å². The summed E-state index contributed by atoms with van der Waals surface area (Å²) in [6.45, 7) is 1.42. The number of carbonyl (C=O) groups excluding carboxylic acids is 5. The molecule has 5 amide bonds. The second-order valence-electron chi connectivity index (χ2n) is 14.4. The van der Waals surface area contributed by atoms with Gasteiger partial charge in [-0.1, -0.05) is 36.8 Å².